The number of ketones is 1. The fraction of sp³-hybridized carbons (Fsp3) is 0.812. The number of carbonyl (C=O) groups is 3. The maximum Gasteiger partial charge on any atom is 0.289 e. The van der Waals surface area contributed by atoms with E-state index in [9.17, 15) is 14.4 Å². The van der Waals surface area contributed by atoms with Crippen LogP contribution in [0.3, 0.4) is 0 Å². The molecule has 0 aromatic carbocycles. The van der Waals surface area contributed by atoms with Crippen LogP contribution in [0.1, 0.15) is 47.5 Å². The summed E-state index contributed by atoms with van der Waals surface area (Å²) in [7, 11) is 0. The lowest BCUT2D eigenvalue weighted by Gasteiger charge is -2.34. The third kappa shape index (κ3) is 5.86. The molecule has 1 aliphatic rings. The first-order valence-corrected chi connectivity index (χ1v) is 7.69. The number of nitrogens with one attached hydrogen (secondary N) is 1. The summed E-state index contributed by atoms with van der Waals surface area (Å²) in [5.41, 5.74) is -0.126. The van der Waals surface area contributed by atoms with Gasteiger partial charge in [-0.1, -0.05) is 34.6 Å². The van der Waals surface area contributed by atoms with Gasteiger partial charge in [0.15, 0.2) is 0 Å². The van der Waals surface area contributed by atoms with Gasteiger partial charge in [-0.2, -0.15) is 0 Å². The first kappa shape index (κ1) is 17.7. The lowest BCUT2D eigenvalue weighted by molar-refractivity contribution is -0.144. The largest absolute Gasteiger partial charge is 0.349 e. The summed E-state index contributed by atoms with van der Waals surface area (Å²) in [5.74, 6) is -0.656. The van der Waals surface area contributed by atoms with Crippen molar-refractivity contribution in [1.29, 1.82) is 0 Å². The topological polar surface area (TPSA) is 66.5 Å². The zero-order valence-electron chi connectivity index (χ0n) is 13.8. The Kier molecular flexibility index (Phi) is 5.93. The van der Waals surface area contributed by atoms with Gasteiger partial charge in [0.25, 0.3) is 5.91 Å². The van der Waals surface area contributed by atoms with Crippen molar-refractivity contribution in [1.82, 2.24) is 10.2 Å². The molecule has 5 heteroatoms. The summed E-state index contributed by atoms with van der Waals surface area (Å²) in [5, 5.41) is 2.69. The van der Waals surface area contributed by atoms with E-state index < -0.39 is 17.7 Å². The van der Waals surface area contributed by atoms with Crippen molar-refractivity contribution in [2.45, 2.75) is 53.5 Å². The van der Waals surface area contributed by atoms with Crippen LogP contribution in [0.5, 0.6) is 0 Å². The lowest BCUT2D eigenvalue weighted by atomic mass is 9.92. The highest BCUT2D eigenvalue weighted by Gasteiger charge is 2.35. The Morgan fingerprint density at radius 2 is 1.86 bits per heavy atom. The van der Waals surface area contributed by atoms with E-state index in [1.807, 2.05) is 34.6 Å². The third-order valence-corrected chi connectivity index (χ3v) is 3.52. The van der Waals surface area contributed by atoms with Gasteiger partial charge in [0.05, 0.1) is 0 Å². The molecular formula is C16H28N2O3. The smallest absolute Gasteiger partial charge is 0.289 e. The van der Waals surface area contributed by atoms with Gasteiger partial charge in [0.1, 0.15) is 6.04 Å². The first-order valence-electron chi connectivity index (χ1n) is 7.69. The van der Waals surface area contributed by atoms with Gasteiger partial charge in [-0.25, -0.2) is 0 Å². The molecular weight excluding hydrogens is 268 g/mol. The molecule has 1 saturated carbocycles. The quantitative estimate of drug-likeness (QED) is 0.546. The van der Waals surface area contributed by atoms with Gasteiger partial charge in [0, 0.05) is 13.1 Å². The molecule has 0 spiro atoms. The predicted octanol–water partition coefficient (Wildman–Crippen LogP) is 1.61. The molecule has 1 atom stereocenters. The normalized spacial score (nSPS) is 16.5. The Morgan fingerprint density at radius 1 is 1.29 bits per heavy atom. The molecule has 0 bridgehead atoms. The zero-order valence-corrected chi connectivity index (χ0v) is 13.8. The van der Waals surface area contributed by atoms with E-state index in [0.717, 1.165) is 12.8 Å². The van der Waals surface area contributed by atoms with Crippen LogP contribution < -0.4 is 5.32 Å². The zero-order chi connectivity index (χ0) is 16.2. The van der Waals surface area contributed by atoms with E-state index >= 15 is 0 Å². The fourth-order valence-electron chi connectivity index (χ4n) is 2.37. The summed E-state index contributed by atoms with van der Waals surface area (Å²) in [6.45, 7) is 10.7. The standard InChI is InChI=1S/C16H28N2O3/c1-11(2)13(18(10-19)9-16(3,4)5)14(20)15(21)17-8-12-6-7-12/h10-13H,6-9H2,1-5H3,(H,17,21)/t13-/m1/s1. The van der Waals surface area contributed by atoms with Crippen LogP contribution in [0.2, 0.25) is 0 Å². The summed E-state index contributed by atoms with van der Waals surface area (Å²) >= 11 is 0. The predicted molar refractivity (Wildman–Crippen MR) is 81.6 cm³/mol. The Bertz CT molecular complexity index is 395. The highest BCUT2D eigenvalue weighted by molar-refractivity contribution is 6.38. The number of hydrogen-bond donors (Lipinski definition) is 1. The molecule has 5 nitrogen and oxygen atoms in total. The minimum Gasteiger partial charge on any atom is -0.349 e. The minimum atomic E-state index is -0.694. The van der Waals surface area contributed by atoms with Crippen LogP contribution in [-0.4, -0.2) is 42.1 Å². The molecule has 0 unspecified atom stereocenters. The Hall–Kier alpha value is -1.39. The second-order valence-electron chi connectivity index (χ2n) is 7.54. The van der Waals surface area contributed by atoms with E-state index in [4.69, 9.17) is 0 Å². The highest BCUT2D eigenvalue weighted by Crippen LogP contribution is 2.27. The molecule has 0 saturated heterocycles. The second-order valence-corrected chi connectivity index (χ2v) is 7.54. The maximum absolute atomic E-state index is 12.4. The van der Waals surface area contributed by atoms with Gasteiger partial charge in [-0.3, -0.25) is 14.4 Å². The van der Waals surface area contributed by atoms with Gasteiger partial charge in [-0.15, -0.1) is 0 Å². The van der Waals surface area contributed by atoms with E-state index in [1.165, 1.54) is 4.90 Å². The average Bonchev–Trinajstić information content (AvgIpc) is 3.16. The summed E-state index contributed by atoms with van der Waals surface area (Å²) in [4.78, 5) is 37.2. The molecule has 1 fully saturated rings. The minimum absolute atomic E-state index is 0.100. The molecule has 0 aromatic heterocycles. The van der Waals surface area contributed by atoms with E-state index in [-0.39, 0.29) is 11.3 Å². The molecule has 2 amide bonds. The molecule has 0 aliphatic heterocycles. The number of Topliss-reactive ketones (excluding diaryl/α,β-unsaturated/α-hetero) is 1. The van der Waals surface area contributed by atoms with Crippen LogP contribution in [0.15, 0.2) is 0 Å². The van der Waals surface area contributed by atoms with Crippen LogP contribution in [0.25, 0.3) is 0 Å². The van der Waals surface area contributed by atoms with Crippen molar-refractivity contribution in [2.75, 3.05) is 13.1 Å². The van der Waals surface area contributed by atoms with Crippen LogP contribution in [0, 0.1) is 17.3 Å². The third-order valence-electron chi connectivity index (χ3n) is 3.52. The van der Waals surface area contributed by atoms with Crippen LogP contribution >= 0.6 is 0 Å². The van der Waals surface area contributed by atoms with Crippen LogP contribution in [0.4, 0.5) is 0 Å². The summed E-state index contributed by atoms with van der Waals surface area (Å²) < 4.78 is 0. The van der Waals surface area contributed by atoms with Gasteiger partial charge < -0.3 is 10.2 Å². The number of nitrogens with zero attached hydrogens (tertiary/aromatic N) is 1. The Labute approximate surface area is 127 Å². The van der Waals surface area contributed by atoms with Crippen LogP contribution in [-0.2, 0) is 14.4 Å². The molecule has 21 heavy (non-hydrogen) atoms. The van der Waals surface area contributed by atoms with Crippen molar-refractivity contribution in [3.05, 3.63) is 0 Å². The second kappa shape index (κ2) is 7.05. The Balaban J connectivity index is 2.74. The van der Waals surface area contributed by atoms with E-state index in [1.54, 1.807) is 0 Å². The van der Waals surface area contributed by atoms with E-state index in [0.29, 0.717) is 25.4 Å². The van der Waals surface area contributed by atoms with Crippen molar-refractivity contribution in [3.8, 4) is 0 Å². The fourth-order valence-corrected chi connectivity index (χ4v) is 2.37. The van der Waals surface area contributed by atoms with Crippen molar-refractivity contribution in [3.63, 3.8) is 0 Å². The number of hydrogen-bond acceptors (Lipinski definition) is 3. The summed E-state index contributed by atoms with van der Waals surface area (Å²) in [6.07, 6.45) is 2.92. The SMILES string of the molecule is CC(C)[C@H](C(=O)C(=O)NCC1CC1)N(C=O)CC(C)(C)C. The Morgan fingerprint density at radius 3 is 2.24 bits per heavy atom. The lowest BCUT2D eigenvalue weighted by Crippen LogP contribution is -2.52. The number of amides is 2. The molecule has 0 aromatic rings. The molecule has 1 rings (SSSR count). The molecule has 120 valence electrons. The van der Waals surface area contributed by atoms with Crippen molar-refractivity contribution < 1.29 is 14.4 Å². The number of rotatable bonds is 8. The van der Waals surface area contributed by atoms with E-state index in [2.05, 4.69) is 5.32 Å². The maximum atomic E-state index is 12.4. The molecule has 0 radical (unpaired) electrons. The van der Waals surface area contributed by atoms with Gasteiger partial charge in [-0.05, 0) is 30.1 Å². The number of carbonyl (C=O) groups excluding carboxylic acids is 3. The molecule has 1 aliphatic carbocycles. The summed E-state index contributed by atoms with van der Waals surface area (Å²) in [6, 6.07) is -0.694. The molecule has 1 N–H and O–H groups in total. The first-order chi connectivity index (χ1) is 9.65. The average molecular weight is 296 g/mol. The molecule has 0 heterocycles. The highest BCUT2D eigenvalue weighted by atomic mass is 16.2. The van der Waals surface area contributed by atoms with Crippen molar-refractivity contribution in [2.24, 2.45) is 17.3 Å². The monoisotopic (exact) mass is 296 g/mol. The van der Waals surface area contributed by atoms with Gasteiger partial charge >= 0.3 is 0 Å². The van der Waals surface area contributed by atoms with Crippen molar-refractivity contribution >= 4 is 18.1 Å². The van der Waals surface area contributed by atoms with Gasteiger partial charge in [0.2, 0.25) is 12.2 Å².